The highest BCUT2D eigenvalue weighted by Crippen LogP contribution is 2.19. The normalized spacial score (nSPS) is 14.0. The van der Waals surface area contributed by atoms with Crippen molar-refractivity contribution in [3.8, 4) is 0 Å². The summed E-state index contributed by atoms with van der Waals surface area (Å²) in [5.41, 5.74) is 2.02. The van der Waals surface area contributed by atoms with E-state index in [2.05, 4.69) is 25.5 Å². The lowest BCUT2D eigenvalue weighted by Crippen LogP contribution is -2.31. The van der Waals surface area contributed by atoms with Crippen LogP contribution in [0.1, 0.15) is 36.9 Å². The summed E-state index contributed by atoms with van der Waals surface area (Å²) in [4.78, 5) is 23.4. The molecule has 1 aliphatic rings. The number of benzene rings is 1. The fourth-order valence-electron chi connectivity index (χ4n) is 3.33. The van der Waals surface area contributed by atoms with Crippen LogP contribution in [-0.2, 0) is 11.2 Å². The number of hydrogen-bond acceptors (Lipinski definition) is 5. The number of amides is 1. The number of anilines is 2. The van der Waals surface area contributed by atoms with E-state index in [4.69, 9.17) is 11.6 Å². The molecule has 0 aliphatic carbocycles. The molecule has 1 aromatic heterocycles. The molecule has 0 atom stereocenters. The van der Waals surface area contributed by atoms with Gasteiger partial charge in [0, 0.05) is 49.4 Å². The van der Waals surface area contributed by atoms with Crippen LogP contribution in [0.25, 0.3) is 0 Å². The Labute approximate surface area is 171 Å². The topological polar surface area (TPSA) is 70.2 Å². The molecule has 7 heteroatoms. The summed E-state index contributed by atoms with van der Waals surface area (Å²) >= 11 is 5.97. The Balaban J connectivity index is 1.41. The molecule has 2 heterocycles. The highest BCUT2D eigenvalue weighted by molar-refractivity contribution is 6.30. The smallest absolute Gasteiger partial charge is 0.224 e. The molecule has 6 nitrogen and oxygen atoms in total. The average Bonchev–Trinajstić information content (AvgIpc) is 2.70. The molecule has 0 bridgehead atoms. The Morgan fingerprint density at radius 2 is 1.96 bits per heavy atom. The van der Waals surface area contributed by atoms with Crippen LogP contribution in [0.15, 0.2) is 30.3 Å². The summed E-state index contributed by atoms with van der Waals surface area (Å²) in [5, 5.41) is 6.85. The van der Waals surface area contributed by atoms with Crippen molar-refractivity contribution >= 4 is 29.3 Å². The molecule has 150 valence electrons. The van der Waals surface area contributed by atoms with Crippen molar-refractivity contribution in [3.05, 3.63) is 46.6 Å². The van der Waals surface area contributed by atoms with E-state index in [-0.39, 0.29) is 5.91 Å². The van der Waals surface area contributed by atoms with Gasteiger partial charge in [0.2, 0.25) is 11.9 Å². The summed E-state index contributed by atoms with van der Waals surface area (Å²) in [5.74, 6) is 1.63. The molecule has 0 spiro atoms. The molecule has 0 saturated carbocycles. The van der Waals surface area contributed by atoms with Gasteiger partial charge in [0.15, 0.2) is 0 Å². The Morgan fingerprint density at radius 3 is 2.75 bits per heavy atom. The zero-order chi connectivity index (χ0) is 19.8. The largest absolute Gasteiger partial charge is 0.356 e. The van der Waals surface area contributed by atoms with E-state index < -0.39 is 0 Å². The van der Waals surface area contributed by atoms with Crippen LogP contribution in [0.2, 0.25) is 5.02 Å². The summed E-state index contributed by atoms with van der Waals surface area (Å²) in [6, 6.07) is 9.65. The molecular formula is C21H28ClN5O. The summed E-state index contributed by atoms with van der Waals surface area (Å²) in [6.45, 7) is 5.21. The van der Waals surface area contributed by atoms with Crippen LogP contribution in [-0.4, -0.2) is 42.1 Å². The van der Waals surface area contributed by atoms with Gasteiger partial charge in [-0.25, -0.2) is 4.98 Å². The fourth-order valence-corrected chi connectivity index (χ4v) is 3.54. The molecule has 2 N–H and O–H groups in total. The van der Waals surface area contributed by atoms with Gasteiger partial charge >= 0.3 is 0 Å². The Kier molecular flexibility index (Phi) is 7.48. The maximum absolute atomic E-state index is 12.0. The summed E-state index contributed by atoms with van der Waals surface area (Å²) in [6.07, 6.45) is 4.85. The standard InChI is InChI=1S/C21H28ClN5O/c1-16-14-19(27-12-3-2-4-13-27)26-21(25-16)24-11-10-23-20(28)9-8-17-6-5-7-18(22)15-17/h5-7,14-15H,2-4,8-13H2,1H3,(H,23,28)(H,24,25,26). The molecule has 28 heavy (non-hydrogen) atoms. The first-order valence-electron chi connectivity index (χ1n) is 9.96. The Bertz CT molecular complexity index is 792. The number of aromatic nitrogens is 2. The van der Waals surface area contributed by atoms with E-state index >= 15 is 0 Å². The number of piperidine rings is 1. The molecule has 0 unspecified atom stereocenters. The second kappa shape index (κ2) is 10.3. The molecule has 1 fully saturated rings. The van der Waals surface area contributed by atoms with Gasteiger partial charge in [-0.2, -0.15) is 4.98 Å². The molecule has 0 radical (unpaired) electrons. The van der Waals surface area contributed by atoms with E-state index in [1.165, 1.54) is 19.3 Å². The van der Waals surface area contributed by atoms with Crippen molar-refractivity contribution < 1.29 is 4.79 Å². The molecule has 2 aromatic rings. The van der Waals surface area contributed by atoms with E-state index in [0.29, 0.717) is 36.9 Å². The van der Waals surface area contributed by atoms with Crippen LogP contribution in [0.5, 0.6) is 0 Å². The van der Waals surface area contributed by atoms with Crippen molar-refractivity contribution in [1.82, 2.24) is 15.3 Å². The van der Waals surface area contributed by atoms with Crippen molar-refractivity contribution in [2.24, 2.45) is 0 Å². The van der Waals surface area contributed by atoms with Gasteiger partial charge in [-0.05, 0) is 50.3 Å². The highest BCUT2D eigenvalue weighted by Gasteiger charge is 2.13. The predicted octanol–water partition coefficient (Wildman–Crippen LogP) is 3.59. The van der Waals surface area contributed by atoms with Gasteiger partial charge in [0.1, 0.15) is 5.82 Å². The van der Waals surface area contributed by atoms with Crippen molar-refractivity contribution in [3.63, 3.8) is 0 Å². The number of carbonyl (C=O) groups is 1. The Morgan fingerprint density at radius 1 is 1.14 bits per heavy atom. The minimum atomic E-state index is 0.0286. The number of hydrogen-bond donors (Lipinski definition) is 2. The Hall–Kier alpha value is -2.34. The van der Waals surface area contributed by atoms with E-state index in [9.17, 15) is 4.79 Å². The number of nitrogens with zero attached hydrogens (tertiary/aromatic N) is 3. The maximum Gasteiger partial charge on any atom is 0.224 e. The number of aryl methyl sites for hydroxylation is 2. The third-order valence-electron chi connectivity index (χ3n) is 4.78. The molecule has 3 rings (SSSR count). The lowest BCUT2D eigenvalue weighted by Gasteiger charge is -2.28. The van der Waals surface area contributed by atoms with Crippen LogP contribution >= 0.6 is 11.6 Å². The molecule has 1 aromatic carbocycles. The number of halogens is 1. The fraction of sp³-hybridized carbons (Fsp3) is 0.476. The first-order chi connectivity index (χ1) is 13.6. The van der Waals surface area contributed by atoms with Gasteiger partial charge in [-0.1, -0.05) is 23.7 Å². The lowest BCUT2D eigenvalue weighted by molar-refractivity contribution is -0.120. The number of carbonyl (C=O) groups excluding carboxylic acids is 1. The number of rotatable bonds is 8. The van der Waals surface area contributed by atoms with Crippen LogP contribution in [0, 0.1) is 6.92 Å². The SMILES string of the molecule is Cc1cc(N2CCCCC2)nc(NCCNC(=O)CCc2cccc(Cl)c2)n1. The monoisotopic (exact) mass is 401 g/mol. The first-order valence-corrected chi connectivity index (χ1v) is 10.3. The molecule has 1 aliphatic heterocycles. The van der Waals surface area contributed by atoms with Crippen LogP contribution < -0.4 is 15.5 Å². The van der Waals surface area contributed by atoms with Crippen molar-refractivity contribution in [2.75, 3.05) is 36.4 Å². The second-order valence-electron chi connectivity index (χ2n) is 7.15. The molecular weight excluding hydrogens is 374 g/mol. The first kappa shape index (κ1) is 20.4. The number of nitrogens with one attached hydrogen (secondary N) is 2. The van der Waals surface area contributed by atoms with Crippen LogP contribution in [0.4, 0.5) is 11.8 Å². The molecule has 1 saturated heterocycles. The summed E-state index contributed by atoms with van der Waals surface area (Å²) in [7, 11) is 0. The van der Waals surface area contributed by atoms with Gasteiger partial charge < -0.3 is 15.5 Å². The zero-order valence-electron chi connectivity index (χ0n) is 16.4. The minimum Gasteiger partial charge on any atom is -0.356 e. The van der Waals surface area contributed by atoms with E-state index in [1.54, 1.807) is 0 Å². The van der Waals surface area contributed by atoms with Gasteiger partial charge in [0.05, 0.1) is 0 Å². The third kappa shape index (κ3) is 6.37. The third-order valence-corrected chi connectivity index (χ3v) is 5.02. The quantitative estimate of drug-likeness (QED) is 0.661. The van der Waals surface area contributed by atoms with Gasteiger partial charge in [-0.3, -0.25) is 4.79 Å². The summed E-state index contributed by atoms with van der Waals surface area (Å²) < 4.78 is 0. The van der Waals surface area contributed by atoms with Gasteiger partial charge in [0.25, 0.3) is 0 Å². The second-order valence-corrected chi connectivity index (χ2v) is 7.58. The van der Waals surface area contributed by atoms with Gasteiger partial charge in [-0.15, -0.1) is 0 Å². The van der Waals surface area contributed by atoms with E-state index in [1.807, 2.05) is 37.3 Å². The van der Waals surface area contributed by atoms with E-state index in [0.717, 1.165) is 30.2 Å². The average molecular weight is 402 g/mol. The zero-order valence-corrected chi connectivity index (χ0v) is 17.1. The van der Waals surface area contributed by atoms with Crippen LogP contribution in [0.3, 0.4) is 0 Å². The highest BCUT2D eigenvalue weighted by atomic mass is 35.5. The maximum atomic E-state index is 12.0. The minimum absolute atomic E-state index is 0.0286. The van der Waals surface area contributed by atoms with Crippen molar-refractivity contribution in [2.45, 2.75) is 39.0 Å². The molecule has 1 amide bonds. The predicted molar refractivity (Wildman–Crippen MR) is 114 cm³/mol. The lowest BCUT2D eigenvalue weighted by atomic mass is 10.1. The van der Waals surface area contributed by atoms with Crippen molar-refractivity contribution in [1.29, 1.82) is 0 Å².